The number of nitrogens with zero attached hydrogens (tertiary/aromatic N) is 2. The third-order valence-corrected chi connectivity index (χ3v) is 3.45. The highest BCUT2D eigenvalue weighted by Crippen LogP contribution is 2.09. The van der Waals surface area contributed by atoms with E-state index in [1.54, 1.807) is 0 Å². The molecule has 0 rings (SSSR count). The Morgan fingerprint density at radius 2 is 1.73 bits per heavy atom. The summed E-state index contributed by atoms with van der Waals surface area (Å²) in [5.41, 5.74) is -1.01. The molecule has 0 saturated carbocycles. The number of likely N-dealkylation sites (N-methyl/N-ethyl adjacent to an activating group) is 1. The summed E-state index contributed by atoms with van der Waals surface area (Å²) < 4.78 is 5.31. The summed E-state index contributed by atoms with van der Waals surface area (Å²) in [5, 5.41) is 9.42. The lowest BCUT2D eigenvalue weighted by atomic mass is 10.1. The molecule has 3 N–H and O–H groups in total. The summed E-state index contributed by atoms with van der Waals surface area (Å²) in [7, 11) is 2.10. The lowest BCUT2D eigenvalue weighted by Crippen LogP contribution is -2.49. The Balaban J connectivity index is 0. The van der Waals surface area contributed by atoms with Gasteiger partial charge in [0.05, 0.1) is 12.1 Å². The number of aliphatic imine (C=N–C) groups is 1. The van der Waals surface area contributed by atoms with Crippen molar-refractivity contribution in [3.8, 4) is 0 Å². The second kappa shape index (κ2) is 12.6. The molecule has 0 aliphatic carbocycles. The standard InChI is InChI=1S/C18H39N5O2.HI/c1-10-19-15(20-11-12-23(9)14(2)3)21-13-18(7,8)22-16(24)25-17(4,5)6;/h14H,10-13H2,1-9H3,(H,22,24)(H2,19,20,21);1H. The van der Waals surface area contributed by atoms with E-state index in [-0.39, 0.29) is 24.0 Å². The van der Waals surface area contributed by atoms with Crippen LogP contribution in [0, 0.1) is 0 Å². The van der Waals surface area contributed by atoms with Gasteiger partial charge in [-0.15, -0.1) is 24.0 Å². The zero-order valence-electron chi connectivity index (χ0n) is 18.0. The van der Waals surface area contributed by atoms with Crippen LogP contribution < -0.4 is 16.0 Å². The average molecular weight is 485 g/mol. The summed E-state index contributed by atoms with van der Waals surface area (Å²) in [6.07, 6.45) is -0.427. The summed E-state index contributed by atoms with van der Waals surface area (Å²) >= 11 is 0. The molecular weight excluding hydrogens is 445 g/mol. The summed E-state index contributed by atoms with van der Waals surface area (Å²) in [5.74, 6) is 0.749. The monoisotopic (exact) mass is 485 g/mol. The van der Waals surface area contributed by atoms with Crippen LogP contribution in [-0.4, -0.2) is 67.4 Å². The zero-order chi connectivity index (χ0) is 19.7. The molecule has 0 aromatic rings. The van der Waals surface area contributed by atoms with Crippen LogP contribution in [0.1, 0.15) is 55.4 Å². The maximum atomic E-state index is 11.9. The molecule has 8 heteroatoms. The number of carbonyl (C=O) groups excluding carboxylic acids is 1. The molecule has 0 aliphatic rings. The Kier molecular flexibility index (Phi) is 13.3. The van der Waals surface area contributed by atoms with Crippen molar-refractivity contribution in [2.24, 2.45) is 4.99 Å². The van der Waals surface area contributed by atoms with Gasteiger partial charge < -0.3 is 25.6 Å². The molecule has 0 unspecified atom stereocenters. The van der Waals surface area contributed by atoms with Crippen molar-refractivity contribution < 1.29 is 9.53 Å². The van der Waals surface area contributed by atoms with E-state index in [2.05, 4.69) is 46.7 Å². The number of hydrogen-bond donors (Lipinski definition) is 3. The van der Waals surface area contributed by atoms with Gasteiger partial charge in [-0.1, -0.05) is 0 Å². The molecule has 0 heterocycles. The van der Waals surface area contributed by atoms with Crippen molar-refractivity contribution in [1.82, 2.24) is 20.9 Å². The van der Waals surface area contributed by atoms with E-state index in [0.717, 1.165) is 25.6 Å². The third kappa shape index (κ3) is 14.4. The lowest BCUT2D eigenvalue weighted by Gasteiger charge is -2.27. The van der Waals surface area contributed by atoms with Crippen LogP contribution >= 0.6 is 24.0 Å². The van der Waals surface area contributed by atoms with E-state index >= 15 is 0 Å². The normalized spacial score (nSPS) is 12.7. The van der Waals surface area contributed by atoms with Crippen LogP contribution in [0.3, 0.4) is 0 Å². The number of halogens is 1. The molecule has 0 aliphatic heterocycles. The van der Waals surface area contributed by atoms with Crippen molar-refractivity contribution >= 4 is 36.0 Å². The Morgan fingerprint density at radius 1 is 1.15 bits per heavy atom. The van der Waals surface area contributed by atoms with Crippen molar-refractivity contribution in [2.75, 3.05) is 33.2 Å². The van der Waals surface area contributed by atoms with Crippen LogP contribution in [0.4, 0.5) is 4.79 Å². The first-order valence-corrected chi connectivity index (χ1v) is 9.10. The van der Waals surface area contributed by atoms with Crippen molar-refractivity contribution in [3.05, 3.63) is 0 Å². The topological polar surface area (TPSA) is 78.0 Å². The number of amides is 1. The molecule has 0 spiro atoms. The van der Waals surface area contributed by atoms with E-state index in [0.29, 0.717) is 12.6 Å². The zero-order valence-corrected chi connectivity index (χ0v) is 20.4. The highest BCUT2D eigenvalue weighted by molar-refractivity contribution is 14.0. The van der Waals surface area contributed by atoms with E-state index in [4.69, 9.17) is 4.74 Å². The van der Waals surface area contributed by atoms with Gasteiger partial charge in [0.15, 0.2) is 5.96 Å². The number of ether oxygens (including phenoxy) is 1. The molecule has 0 aromatic carbocycles. The van der Waals surface area contributed by atoms with Gasteiger partial charge in [0.25, 0.3) is 0 Å². The Bertz CT molecular complexity index is 434. The maximum absolute atomic E-state index is 11.9. The van der Waals surface area contributed by atoms with Crippen molar-refractivity contribution in [3.63, 3.8) is 0 Å². The Morgan fingerprint density at radius 3 is 2.19 bits per heavy atom. The van der Waals surface area contributed by atoms with E-state index in [1.807, 2.05) is 41.5 Å². The molecule has 0 aromatic heterocycles. The first-order valence-electron chi connectivity index (χ1n) is 9.10. The molecule has 1 amide bonds. The van der Waals surface area contributed by atoms with E-state index in [9.17, 15) is 4.79 Å². The van der Waals surface area contributed by atoms with E-state index in [1.165, 1.54) is 0 Å². The highest BCUT2D eigenvalue weighted by Gasteiger charge is 2.24. The van der Waals surface area contributed by atoms with Gasteiger partial charge in [-0.05, 0) is 62.4 Å². The second-order valence-electron chi connectivity index (χ2n) is 8.21. The summed E-state index contributed by atoms with van der Waals surface area (Å²) in [4.78, 5) is 18.8. The van der Waals surface area contributed by atoms with Gasteiger partial charge in [0.2, 0.25) is 0 Å². The van der Waals surface area contributed by atoms with Gasteiger partial charge in [-0.2, -0.15) is 0 Å². The molecule has 156 valence electrons. The minimum Gasteiger partial charge on any atom is -0.444 e. The van der Waals surface area contributed by atoms with Crippen LogP contribution in [0.15, 0.2) is 4.99 Å². The SMILES string of the molecule is CCNC(=NCC(C)(C)NC(=O)OC(C)(C)C)NCCN(C)C(C)C.I. The van der Waals surface area contributed by atoms with Crippen LogP contribution in [0.5, 0.6) is 0 Å². The first kappa shape index (κ1) is 27.4. The predicted octanol–water partition coefficient (Wildman–Crippen LogP) is 2.80. The van der Waals surface area contributed by atoms with Crippen molar-refractivity contribution in [1.29, 1.82) is 0 Å². The van der Waals surface area contributed by atoms with Crippen molar-refractivity contribution in [2.45, 2.75) is 72.6 Å². The predicted molar refractivity (Wildman–Crippen MR) is 121 cm³/mol. The number of carbonyl (C=O) groups is 1. The van der Waals surface area contributed by atoms with Gasteiger partial charge in [-0.3, -0.25) is 4.99 Å². The number of hydrogen-bond acceptors (Lipinski definition) is 4. The maximum Gasteiger partial charge on any atom is 0.408 e. The fraction of sp³-hybridized carbons (Fsp3) is 0.889. The largest absolute Gasteiger partial charge is 0.444 e. The Labute approximate surface area is 177 Å². The van der Waals surface area contributed by atoms with Gasteiger partial charge in [0, 0.05) is 25.7 Å². The van der Waals surface area contributed by atoms with Gasteiger partial charge >= 0.3 is 6.09 Å². The number of nitrogens with one attached hydrogen (secondary N) is 3. The lowest BCUT2D eigenvalue weighted by molar-refractivity contribution is 0.0476. The fourth-order valence-electron chi connectivity index (χ4n) is 1.85. The highest BCUT2D eigenvalue weighted by atomic mass is 127. The third-order valence-electron chi connectivity index (χ3n) is 3.45. The molecule has 0 bridgehead atoms. The van der Waals surface area contributed by atoms with E-state index < -0.39 is 17.2 Å². The van der Waals surface area contributed by atoms with Crippen LogP contribution in [0.2, 0.25) is 0 Å². The van der Waals surface area contributed by atoms with Gasteiger partial charge in [0.1, 0.15) is 5.60 Å². The minimum absolute atomic E-state index is 0. The quantitative estimate of drug-likeness (QED) is 0.280. The molecule has 0 fully saturated rings. The summed E-state index contributed by atoms with van der Waals surface area (Å²) in [6.45, 7) is 18.7. The second-order valence-corrected chi connectivity index (χ2v) is 8.21. The van der Waals surface area contributed by atoms with Crippen LogP contribution in [0.25, 0.3) is 0 Å². The first-order chi connectivity index (χ1) is 11.4. The number of guanidine groups is 1. The molecule has 0 saturated heterocycles. The molecule has 0 atom stereocenters. The smallest absolute Gasteiger partial charge is 0.408 e. The van der Waals surface area contributed by atoms with Gasteiger partial charge in [-0.25, -0.2) is 4.79 Å². The molecule has 26 heavy (non-hydrogen) atoms. The average Bonchev–Trinajstić information content (AvgIpc) is 2.41. The summed E-state index contributed by atoms with van der Waals surface area (Å²) in [6, 6.07) is 0.512. The van der Waals surface area contributed by atoms with Crippen LogP contribution in [-0.2, 0) is 4.74 Å². The Hall–Kier alpha value is -0.770. The fourth-order valence-corrected chi connectivity index (χ4v) is 1.85. The number of rotatable bonds is 8. The number of alkyl carbamates (subject to hydrolysis) is 1. The molecule has 0 radical (unpaired) electrons. The molecular formula is C18H40IN5O2. The molecule has 7 nitrogen and oxygen atoms in total. The minimum atomic E-state index is -0.512.